The van der Waals surface area contributed by atoms with Crippen molar-refractivity contribution in [1.82, 2.24) is 4.98 Å². The predicted octanol–water partition coefficient (Wildman–Crippen LogP) is 3.65. The van der Waals surface area contributed by atoms with Gasteiger partial charge in [0, 0.05) is 11.4 Å². The van der Waals surface area contributed by atoms with Crippen LogP contribution in [0.15, 0.2) is 40.3 Å². The van der Waals surface area contributed by atoms with Gasteiger partial charge in [-0.3, -0.25) is 4.79 Å². The zero-order valence-corrected chi connectivity index (χ0v) is 14.2. The Kier molecular flexibility index (Phi) is 5.08. The summed E-state index contributed by atoms with van der Waals surface area (Å²) in [6, 6.07) is 4.87. The zero-order valence-electron chi connectivity index (χ0n) is 13.4. The molecular weight excluding hydrogens is 366 g/mol. The van der Waals surface area contributed by atoms with E-state index in [1.54, 1.807) is 17.5 Å². The van der Waals surface area contributed by atoms with Crippen LogP contribution in [0.1, 0.15) is 16.1 Å². The third kappa shape index (κ3) is 3.77. The van der Waals surface area contributed by atoms with E-state index in [2.05, 4.69) is 15.0 Å². The number of halogens is 2. The van der Waals surface area contributed by atoms with E-state index < -0.39 is 29.1 Å². The molecule has 1 amide bonds. The minimum Gasteiger partial charge on any atom is -0.465 e. The van der Waals surface area contributed by atoms with Crippen LogP contribution in [0.25, 0.3) is 10.8 Å². The van der Waals surface area contributed by atoms with Crippen LogP contribution in [-0.4, -0.2) is 24.0 Å². The molecule has 0 unspecified atom stereocenters. The number of aromatic nitrogens is 1. The lowest BCUT2D eigenvalue weighted by atomic mass is 10.1. The van der Waals surface area contributed by atoms with Crippen molar-refractivity contribution in [3.63, 3.8) is 0 Å². The van der Waals surface area contributed by atoms with Gasteiger partial charge >= 0.3 is 5.97 Å². The lowest BCUT2D eigenvalue weighted by Crippen LogP contribution is -2.17. The summed E-state index contributed by atoms with van der Waals surface area (Å²) in [6.07, 6.45) is 1.39. The Morgan fingerprint density at radius 1 is 1.31 bits per heavy atom. The number of furan rings is 1. The molecule has 0 aliphatic heterocycles. The summed E-state index contributed by atoms with van der Waals surface area (Å²) in [5.74, 6) is -3.04. The molecule has 134 valence electrons. The van der Waals surface area contributed by atoms with Crippen LogP contribution in [0.5, 0.6) is 0 Å². The number of thiazole rings is 1. The second kappa shape index (κ2) is 7.44. The molecule has 1 aromatic carbocycles. The fourth-order valence-electron chi connectivity index (χ4n) is 2.17. The number of nitrogens with zero attached hydrogens (tertiary/aromatic N) is 1. The summed E-state index contributed by atoms with van der Waals surface area (Å²) in [7, 11) is 1.07. The van der Waals surface area contributed by atoms with Gasteiger partial charge in [0.15, 0.2) is 10.8 Å². The quantitative estimate of drug-likeness (QED) is 0.686. The van der Waals surface area contributed by atoms with Gasteiger partial charge in [-0.1, -0.05) is 0 Å². The molecule has 2 heterocycles. The first-order chi connectivity index (χ1) is 12.5. The molecule has 26 heavy (non-hydrogen) atoms. The van der Waals surface area contributed by atoms with E-state index in [9.17, 15) is 18.4 Å². The second-order valence-electron chi connectivity index (χ2n) is 5.15. The topological polar surface area (TPSA) is 81.4 Å². The van der Waals surface area contributed by atoms with Crippen LogP contribution in [-0.2, 0) is 16.0 Å². The number of hydrogen-bond donors (Lipinski definition) is 1. The Labute approximate surface area is 150 Å². The average Bonchev–Trinajstić information content (AvgIpc) is 3.28. The Hall–Kier alpha value is -3.07. The molecule has 3 aromatic rings. The standard InChI is InChI=1S/C17H12F2N2O4S/c1-24-17(23)10-6-13(12(19)7-11(10)18)21-15(22)5-9-8-26-16(20-9)14-3-2-4-25-14/h2-4,6-8H,5H2,1H3,(H,21,22). The largest absolute Gasteiger partial charge is 0.465 e. The van der Waals surface area contributed by atoms with Gasteiger partial charge in [0.25, 0.3) is 0 Å². The van der Waals surface area contributed by atoms with Crippen molar-refractivity contribution in [3.05, 3.63) is 58.8 Å². The number of anilines is 1. The first-order valence-corrected chi connectivity index (χ1v) is 8.21. The van der Waals surface area contributed by atoms with Gasteiger partial charge in [0.2, 0.25) is 5.91 Å². The number of nitrogens with one attached hydrogen (secondary N) is 1. The number of carbonyl (C=O) groups excluding carboxylic acids is 2. The smallest absolute Gasteiger partial charge is 0.340 e. The predicted molar refractivity (Wildman–Crippen MR) is 89.8 cm³/mol. The molecule has 9 heteroatoms. The third-order valence-corrected chi connectivity index (χ3v) is 4.27. The summed E-state index contributed by atoms with van der Waals surface area (Å²) >= 11 is 1.30. The summed E-state index contributed by atoms with van der Waals surface area (Å²) in [6.45, 7) is 0. The van der Waals surface area contributed by atoms with Gasteiger partial charge < -0.3 is 14.5 Å². The zero-order chi connectivity index (χ0) is 18.7. The SMILES string of the molecule is COC(=O)c1cc(NC(=O)Cc2csc(-c3ccco3)n2)c(F)cc1F. The van der Waals surface area contributed by atoms with Crippen molar-refractivity contribution in [2.24, 2.45) is 0 Å². The Bertz CT molecular complexity index is 954. The Morgan fingerprint density at radius 2 is 2.12 bits per heavy atom. The molecule has 0 atom stereocenters. The summed E-state index contributed by atoms with van der Waals surface area (Å²) in [5.41, 5.74) is -0.328. The number of methoxy groups -OCH3 is 1. The van der Waals surface area contributed by atoms with Crippen molar-refractivity contribution in [2.45, 2.75) is 6.42 Å². The second-order valence-corrected chi connectivity index (χ2v) is 6.01. The van der Waals surface area contributed by atoms with Gasteiger partial charge in [-0.25, -0.2) is 18.6 Å². The molecule has 0 fully saturated rings. The first-order valence-electron chi connectivity index (χ1n) is 7.33. The molecule has 6 nitrogen and oxygen atoms in total. The molecule has 0 radical (unpaired) electrons. The number of carbonyl (C=O) groups is 2. The van der Waals surface area contributed by atoms with Crippen LogP contribution >= 0.6 is 11.3 Å². The van der Waals surface area contributed by atoms with E-state index >= 15 is 0 Å². The molecule has 1 N–H and O–H groups in total. The number of benzene rings is 1. The van der Waals surface area contributed by atoms with Crippen molar-refractivity contribution in [2.75, 3.05) is 12.4 Å². The number of ether oxygens (including phenoxy) is 1. The van der Waals surface area contributed by atoms with E-state index in [4.69, 9.17) is 4.42 Å². The normalized spacial score (nSPS) is 10.6. The number of rotatable bonds is 5. The highest BCUT2D eigenvalue weighted by molar-refractivity contribution is 7.13. The van der Waals surface area contributed by atoms with Crippen LogP contribution in [0.3, 0.4) is 0 Å². The minimum absolute atomic E-state index is 0.123. The molecule has 0 saturated heterocycles. The van der Waals surface area contributed by atoms with E-state index in [0.29, 0.717) is 22.5 Å². The van der Waals surface area contributed by atoms with Gasteiger partial charge in [0.05, 0.1) is 36.7 Å². The highest BCUT2D eigenvalue weighted by Gasteiger charge is 2.18. The van der Waals surface area contributed by atoms with Gasteiger partial charge in [-0.2, -0.15) is 0 Å². The number of hydrogen-bond acceptors (Lipinski definition) is 6. The first kappa shape index (κ1) is 17.7. The van der Waals surface area contributed by atoms with Crippen LogP contribution in [0, 0.1) is 11.6 Å². The molecule has 0 aliphatic rings. The van der Waals surface area contributed by atoms with Crippen molar-refractivity contribution in [3.8, 4) is 10.8 Å². The molecule has 2 aromatic heterocycles. The lowest BCUT2D eigenvalue weighted by Gasteiger charge is -2.08. The van der Waals surface area contributed by atoms with Gasteiger partial charge in [-0.05, 0) is 18.2 Å². The van der Waals surface area contributed by atoms with Crippen LogP contribution in [0.2, 0.25) is 0 Å². The fourth-order valence-corrected chi connectivity index (χ4v) is 2.96. The summed E-state index contributed by atoms with van der Waals surface area (Å²) in [4.78, 5) is 27.9. The summed E-state index contributed by atoms with van der Waals surface area (Å²) < 4.78 is 37.1. The molecule has 0 spiro atoms. The van der Waals surface area contributed by atoms with Crippen LogP contribution < -0.4 is 5.32 Å². The van der Waals surface area contributed by atoms with Gasteiger partial charge in [-0.15, -0.1) is 11.3 Å². The van der Waals surface area contributed by atoms with Crippen molar-refractivity contribution < 1.29 is 27.5 Å². The van der Waals surface area contributed by atoms with Crippen molar-refractivity contribution >= 4 is 28.9 Å². The molecule has 0 aliphatic carbocycles. The van der Waals surface area contributed by atoms with E-state index in [0.717, 1.165) is 13.2 Å². The molecule has 0 bridgehead atoms. The highest BCUT2D eigenvalue weighted by Crippen LogP contribution is 2.25. The maximum Gasteiger partial charge on any atom is 0.340 e. The third-order valence-electron chi connectivity index (χ3n) is 3.36. The molecule has 3 rings (SSSR count). The minimum atomic E-state index is -1.07. The Morgan fingerprint density at radius 3 is 2.81 bits per heavy atom. The number of amides is 1. The van der Waals surface area contributed by atoms with Gasteiger partial charge in [0.1, 0.15) is 11.6 Å². The van der Waals surface area contributed by atoms with E-state index in [1.165, 1.54) is 17.6 Å². The van der Waals surface area contributed by atoms with Crippen molar-refractivity contribution in [1.29, 1.82) is 0 Å². The number of esters is 1. The fraction of sp³-hybridized carbons (Fsp3) is 0.118. The average molecular weight is 378 g/mol. The maximum atomic E-state index is 13.9. The maximum absolute atomic E-state index is 13.9. The molecular formula is C17H12F2N2O4S. The van der Waals surface area contributed by atoms with E-state index in [1.807, 2.05) is 0 Å². The lowest BCUT2D eigenvalue weighted by molar-refractivity contribution is -0.115. The highest BCUT2D eigenvalue weighted by atomic mass is 32.1. The van der Waals surface area contributed by atoms with E-state index in [-0.39, 0.29) is 12.1 Å². The van der Waals surface area contributed by atoms with Crippen LogP contribution in [0.4, 0.5) is 14.5 Å². The summed E-state index contributed by atoms with van der Waals surface area (Å²) in [5, 5.41) is 4.59. The monoisotopic (exact) mass is 378 g/mol. The molecule has 0 saturated carbocycles. The Balaban J connectivity index is 1.73.